The summed E-state index contributed by atoms with van der Waals surface area (Å²) in [5, 5.41) is 13.5. The van der Waals surface area contributed by atoms with Gasteiger partial charge in [0.25, 0.3) is 5.91 Å². The van der Waals surface area contributed by atoms with Gasteiger partial charge in [0.1, 0.15) is 11.9 Å². The topological polar surface area (TPSA) is 78.9 Å². The highest BCUT2D eigenvalue weighted by atomic mass is 35.5. The highest BCUT2D eigenvalue weighted by Crippen LogP contribution is 2.43. The van der Waals surface area contributed by atoms with Crippen molar-refractivity contribution in [3.8, 4) is 5.75 Å². The van der Waals surface area contributed by atoms with Crippen molar-refractivity contribution in [2.24, 2.45) is 0 Å². The molecular formula is C17H20Cl2N2O4. The number of aromatic hydroxyl groups is 1. The zero-order valence-corrected chi connectivity index (χ0v) is 15.3. The van der Waals surface area contributed by atoms with Crippen LogP contribution in [0.15, 0.2) is 12.1 Å². The van der Waals surface area contributed by atoms with Gasteiger partial charge >= 0.3 is 0 Å². The lowest BCUT2D eigenvalue weighted by atomic mass is 9.84. The van der Waals surface area contributed by atoms with Gasteiger partial charge in [-0.05, 0) is 30.9 Å². The molecule has 2 amide bonds. The standard InChI is InChI=1S/C17H20Cl2N2O4/c1-20-14(23)7-13-17(24)21-5-4-9(6-10(21)8-25-13)15-12(22)3-2-11(18)16(15)19/h2-3,9-10,13,22H,4-8H2,1H3,(H,20,23)/t9-,10+,13?/m1/s1. The molecule has 8 heteroatoms. The summed E-state index contributed by atoms with van der Waals surface area (Å²) >= 11 is 12.4. The quantitative estimate of drug-likeness (QED) is 0.835. The molecule has 0 spiro atoms. The lowest BCUT2D eigenvalue weighted by Gasteiger charge is -2.44. The second kappa shape index (κ2) is 7.40. The molecule has 0 saturated carbocycles. The monoisotopic (exact) mass is 386 g/mol. The van der Waals surface area contributed by atoms with Crippen LogP contribution < -0.4 is 5.32 Å². The number of ether oxygens (including phenoxy) is 1. The van der Waals surface area contributed by atoms with Crippen LogP contribution in [-0.4, -0.2) is 54.2 Å². The zero-order valence-electron chi connectivity index (χ0n) is 13.8. The first kappa shape index (κ1) is 18.3. The van der Waals surface area contributed by atoms with Gasteiger partial charge in [0.2, 0.25) is 5.91 Å². The number of rotatable bonds is 3. The van der Waals surface area contributed by atoms with Crippen LogP contribution in [0.5, 0.6) is 5.75 Å². The van der Waals surface area contributed by atoms with Gasteiger partial charge in [0.15, 0.2) is 0 Å². The van der Waals surface area contributed by atoms with E-state index < -0.39 is 6.10 Å². The van der Waals surface area contributed by atoms with E-state index in [-0.39, 0.29) is 35.9 Å². The van der Waals surface area contributed by atoms with Crippen LogP contribution in [0.1, 0.15) is 30.7 Å². The summed E-state index contributed by atoms with van der Waals surface area (Å²) in [4.78, 5) is 25.9. The molecule has 6 nitrogen and oxygen atoms in total. The Bertz CT molecular complexity index is 697. The number of nitrogens with one attached hydrogen (secondary N) is 1. The van der Waals surface area contributed by atoms with Crippen molar-refractivity contribution in [1.82, 2.24) is 10.2 Å². The number of hydrogen-bond acceptors (Lipinski definition) is 4. The molecule has 2 heterocycles. The van der Waals surface area contributed by atoms with Gasteiger partial charge in [0, 0.05) is 19.2 Å². The van der Waals surface area contributed by atoms with Crippen LogP contribution in [-0.2, 0) is 14.3 Å². The van der Waals surface area contributed by atoms with Crippen molar-refractivity contribution in [2.45, 2.75) is 37.3 Å². The summed E-state index contributed by atoms with van der Waals surface area (Å²) in [5.74, 6) is -0.255. The predicted octanol–water partition coefficient (Wildman–Crippen LogP) is 2.31. The van der Waals surface area contributed by atoms with Crippen LogP contribution >= 0.6 is 23.2 Å². The molecule has 0 radical (unpaired) electrons. The molecule has 2 N–H and O–H groups in total. The van der Waals surface area contributed by atoms with Gasteiger partial charge in [-0.3, -0.25) is 9.59 Å². The number of phenolic OH excluding ortho intramolecular Hbond substituents is 1. The van der Waals surface area contributed by atoms with Crippen molar-refractivity contribution in [3.05, 3.63) is 27.7 Å². The Hall–Kier alpha value is -1.50. The lowest BCUT2D eigenvalue weighted by molar-refractivity contribution is -0.164. The molecule has 2 fully saturated rings. The number of morpholine rings is 1. The molecule has 25 heavy (non-hydrogen) atoms. The molecule has 3 rings (SSSR count). The van der Waals surface area contributed by atoms with E-state index in [1.807, 2.05) is 0 Å². The minimum absolute atomic E-state index is 0.000611. The summed E-state index contributed by atoms with van der Waals surface area (Å²) in [6, 6.07) is 3.01. The van der Waals surface area contributed by atoms with E-state index in [2.05, 4.69) is 5.32 Å². The Labute approximate surface area is 156 Å². The number of phenols is 1. The molecule has 1 unspecified atom stereocenters. The molecule has 0 aromatic heterocycles. The number of benzene rings is 1. The number of halogens is 2. The summed E-state index contributed by atoms with van der Waals surface area (Å²) in [7, 11) is 1.53. The summed E-state index contributed by atoms with van der Waals surface area (Å²) in [5.41, 5.74) is 0.633. The average molecular weight is 387 g/mol. The van der Waals surface area contributed by atoms with Gasteiger partial charge < -0.3 is 20.1 Å². The zero-order chi connectivity index (χ0) is 18.1. The molecule has 0 bridgehead atoms. The molecule has 2 saturated heterocycles. The van der Waals surface area contributed by atoms with E-state index in [4.69, 9.17) is 27.9 Å². The van der Waals surface area contributed by atoms with Gasteiger partial charge in [-0.2, -0.15) is 0 Å². The normalized spacial score (nSPS) is 26.3. The van der Waals surface area contributed by atoms with Crippen LogP contribution in [0.3, 0.4) is 0 Å². The second-order valence-corrected chi connectivity index (χ2v) is 7.19. The lowest BCUT2D eigenvalue weighted by Crippen LogP contribution is -2.57. The van der Waals surface area contributed by atoms with Crippen molar-refractivity contribution in [3.63, 3.8) is 0 Å². The van der Waals surface area contributed by atoms with Gasteiger partial charge in [-0.1, -0.05) is 23.2 Å². The van der Waals surface area contributed by atoms with Crippen LogP contribution in [0.25, 0.3) is 0 Å². The third kappa shape index (κ3) is 3.57. The van der Waals surface area contributed by atoms with Gasteiger partial charge in [-0.15, -0.1) is 0 Å². The van der Waals surface area contributed by atoms with Crippen molar-refractivity contribution < 1.29 is 19.4 Å². The molecular weight excluding hydrogens is 367 g/mol. The number of nitrogens with zero attached hydrogens (tertiary/aromatic N) is 1. The minimum Gasteiger partial charge on any atom is -0.508 e. The van der Waals surface area contributed by atoms with Gasteiger partial charge in [0.05, 0.1) is 29.1 Å². The highest BCUT2D eigenvalue weighted by molar-refractivity contribution is 6.42. The average Bonchev–Trinajstić information content (AvgIpc) is 2.61. The fourth-order valence-corrected chi connectivity index (χ4v) is 4.08. The Morgan fingerprint density at radius 1 is 1.44 bits per heavy atom. The van der Waals surface area contributed by atoms with E-state index in [0.717, 1.165) is 0 Å². The minimum atomic E-state index is -0.726. The molecule has 2 aliphatic rings. The first-order chi connectivity index (χ1) is 11.9. The maximum Gasteiger partial charge on any atom is 0.252 e. The smallest absolute Gasteiger partial charge is 0.252 e. The predicted molar refractivity (Wildman–Crippen MR) is 94.0 cm³/mol. The molecule has 136 valence electrons. The van der Waals surface area contributed by atoms with Crippen LogP contribution in [0.2, 0.25) is 10.0 Å². The first-order valence-electron chi connectivity index (χ1n) is 8.22. The summed E-state index contributed by atoms with van der Waals surface area (Å²) in [6.45, 7) is 0.896. The first-order valence-corrected chi connectivity index (χ1v) is 8.97. The molecule has 0 aliphatic carbocycles. The van der Waals surface area contributed by atoms with Crippen molar-refractivity contribution in [1.29, 1.82) is 0 Å². The summed E-state index contributed by atoms with van der Waals surface area (Å²) < 4.78 is 5.63. The number of amides is 2. The Balaban J connectivity index is 1.73. The molecule has 3 atom stereocenters. The van der Waals surface area contributed by atoms with Gasteiger partial charge in [-0.25, -0.2) is 0 Å². The second-order valence-electron chi connectivity index (χ2n) is 6.40. The third-order valence-corrected chi connectivity index (χ3v) is 5.75. The van der Waals surface area contributed by atoms with Crippen molar-refractivity contribution >= 4 is 35.0 Å². The molecule has 1 aromatic rings. The fourth-order valence-electron chi connectivity index (χ4n) is 3.61. The van der Waals surface area contributed by atoms with Crippen LogP contribution in [0.4, 0.5) is 0 Å². The number of fused-ring (bicyclic) bond motifs is 1. The summed E-state index contributed by atoms with van der Waals surface area (Å²) in [6.07, 6.45) is 0.605. The maximum atomic E-state index is 12.6. The number of carbonyl (C=O) groups is 2. The maximum absolute atomic E-state index is 12.6. The third-order valence-electron chi connectivity index (χ3n) is 4.93. The Morgan fingerprint density at radius 2 is 2.20 bits per heavy atom. The van der Waals surface area contributed by atoms with Crippen molar-refractivity contribution in [2.75, 3.05) is 20.2 Å². The SMILES string of the molecule is CNC(=O)CC1OC[C@@H]2C[C@H](c3c(O)ccc(Cl)c3Cl)CCN2C1=O. The van der Waals surface area contributed by atoms with E-state index in [1.165, 1.54) is 13.1 Å². The number of carbonyl (C=O) groups excluding carboxylic acids is 2. The van der Waals surface area contributed by atoms with E-state index in [0.29, 0.717) is 41.6 Å². The largest absolute Gasteiger partial charge is 0.508 e. The molecule has 1 aromatic carbocycles. The Morgan fingerprint density at radius 3 is 2.92 bits per heavy atom. The van der Waals surface area contributed by atoms with E-state index in [9.17, 15) is 14.7 Å². The fraction of sp³-hybridized carbons (Fsp3) is 0.529. The molecule has 2 aliphatic heterocycles. The van der Waals surface area contributed by atoms with E-state index >= 15 is 0 Å². The van der Waals surface area contributed by atoms with Crippen LogP contribution in [0, 0.1) is 0 Å². The van der Waals surface area contributed by atoms with E-state index in [1.54, 1.807) is 11.0 Å². The number of piperidine rings is 1. The Kier molecular flexibility index (Phi) is 5.41. The highest BCUT2D eigenvalue weighted by Gasteiger charge is 2.41. The number of hydrogen-bond donors (Lipinski definition) is 2.